The average Bonchev–Trinajstić information content (AvgIpc) is 2.33. The van der Waals surface area contributed by atoms with Crippen molar-refractivity contribution >= 4 is 0 Å². The molecule has 0 bridgehead atoms. The normalized spacial score (nSPS) is 12.6. The zero-order valence-corrected chi connectivity index (χ0v) is 14.0. The van der Waals surface area contributed by atoms with Crippen LogP contribution in [0.5, 0.6) is 5.75 Å². The number of hydrogen-bond donors (Lipinski definition) is 0. The molecular formula is C18H30O. The van der Waals surface area contributed by atoms with Gasteiger partial charge in [0.2, 0.25) is 0 Å². The van der Waals surface area contributed by atoms with E-state index in [1.165, 1.54) is 16.7 Å². The second kappa shape index (κ2) is 5.56. The summed E-state index contributed by atoms with van der Waals surface area (Å²) in [6.07, 6.45) is 2.15. The first kappa shape index (κ1) is 16.1. The van der Waals surface area contributed by atoms with E-state index in [4.69, 9.17) is 4.74 Å². The Hall–Kier alpha value is -0.980. The molecule has 0 saturated heterocycles. The molecule has 0 atom stereocenters. The smallest absolute Gasteiger partial charge is 0.125 e. The van der Waals surface area contributed by atoms with Crippen LogP contribution in [0.4, 0.5) is 0 Å². The minimum absolute atomic E-state index is 0.0999. The van der Waals surface area contributed by atoms with Crippen LogP contribution in [0.2, 0.25) is 0 Å². The first-order valence-corrected chi connectivity index (χ1v) is 7.43. The van der Waals surface area contributed by atoms with E-state index in [0.717, 1.165) is 18.6 Å². The minimum Gasteiger partial charge on any atom is -0.487 e. The van der Waals surface area contributed by atoms with Crippen LogP contribution < -0.4 is 4.74 Å². The van der Waals surface area contributed by atoms with Gasteiger partial charge >= 0.3 is 0 Å². The fourth-order valence-electron chi connectivity index (χ4n) is 2.05. The Morgan fingerprint density at radius 3 is 1.74 bits per heavy atom. The van der Waals surface area contributed by atoms with Crippen molar-refractivity contribution in [3.05, 3.63) is 28.8 Å². The summed E-state index contributed by atoms with van der Waals surface area (Å²) >= 11 is 0. The summed E-state index contributed by atoms with van der Waals surface area (Å²) in [5, 5.41) is 0. The first-order chi connectivity index (χ1) is 8.63. The molecule has 0 radical (unpaired) electrons. The Kier molecular flexibility index (Phi) is 4.71. The minimum atomic E-state index is -0.0999. The Labute approximate surface area is 119 Å². The lowest BCUT2D eigenvalue weighted by Gasteiger charge is -2.29. The summed E-state index contributed by atoms with van der Waals surface area (Å²) in [7, 11) is 0. The van der Waals surface area contributed by atoms with Gasteiger partial charge in [-0.1, -0.05) is 39.8 Å². The number of hydrogen-bond acceptors (Lipinski definition) is 1. The van der Waals surface area contributed by atoms with Crippen molar-refractivity contribution in [3.63, 3.8) is 0 Å². The molecule has 19 heavy (non-hydrogen) atoms. The molecule has 108 valence electrons. The van der Waals surface area contributed by atoms with Crippen molar-refractivity contribution in [1.82, 2.24) is 0 Å². The van der Waals surface area contributed by atoms with Crippen molar-refractivity contribution in [2.45, 2.75) is 79.2 Å². The molecule has 0 saturated carbocycles. The van der Waals surface area contributed by atoms with Gasteiger partial charge < -0.3 is 4.74 Å². The zero-order chi connectivity index (χ0) is 14.8. The van der Waals surface area contributed by atoms with Crippen molar-refractivity contribution in [3.8, 4) is 5.75 Å². The van der Waals surface area contributed by atoms with Crippen LogP contribution in [0.1, 0.15) is 71.1 Å². The maximum absolute atomic E-state index is 6.21. The monoisotopic (exact) mass is 262 g/mol. The van der Waals surface area contributed by atoms with Crippen LogP contribution in [0.3, 0.4) is 0 Å². The second-order valence-corrected chi connectivity index (χ2v) is 6.89. The lowest BCUT2D eigenvalue weighted by Crippen LogP contribution is -2.28. The van der Waals surface area contributed by atoms with Gasteiger partial charge in [-0.05, 0) is 62.6 Å². The highest BCUT2D eigenvalue weighted by Gasteiger charge is 2.23. The maximum Gasteiger partial charge on any atom is 0.125 e. The summed E-state index contributed by atoms with van der Waals surface area (Å²) in [5.74, 6) is 1.06. The first-order valence-electron chi connectivity index (χ1n) is 7.43. The van der Waals surface area contributed by atoms with Gasteiger partial charge in [0, 0.05) is 0 Å². The van der Waals surface area contributed by atoms with E-state index >= 15 is 0 Å². The highest BCUT2D eigenvalue weighted by Crippen LogP contribution is 2.34. The largest absolute Gasteiger partial charge is 0.487 e. The molecule has 0 heterocycles. The van der Waals surface area contributed by atoms with Crippen LogP contribution in [-0.4, -0.2) is 5.60 Å². The van der Waals surface area contributed by atoms with Gasteiger partial charge in [0.15, 0.2) is 0 Å². The third-order valence-corrected chi connectivity index (χ3v) is 4.36. The third-order valence-electron chi connectivity index (χ3n) is 4.36. The number of rotatable bonds is 5. The summed E-state index contributed by atoms with van der Waals surface area (Å²) in [6.45, 7) is 17.6. The van der Waals surface area contributed by atoms with Crippen LogP contribution in [0.15, 0.2) is 12.1 Å². The van der Waals surface area contributed by atoms with Gasteiger partial charge in [0.05, 0.1) is 0 Å². The van der Waals surface area contributed by atoms with E-state index in [-0.39, 0.29) is 11.0 Å². The van der Waals surface area contributed by atoms with Gasteiger partial charge in [0.1, 0.15) is 11.4 Å². The van der Waals surface area contributed by atoms with Gasteiger partial charge in [0.25, 0.3) is 0 Å². The Balaban J connectivity index is 3.19. The molecule has 1 aromatic rings. The molecule has 1 nitrogen and oxygen atoms in total. The molecule has 0 aliphatic rings. The lowest BCUT2D eigenvalue weighted by molar-refractivity contribution is 0.103. The molecule has 0 fully saturated rings. The lowest BCUT2D eigenvalue weighted by atomic mass is 9.81. The van der Waals surface area contributed by atoms with Crippen LogP contribution >= 0.6 is 0 Å². The molecule has 0 amide bonds. The van der Waals surface area contributed by atoms with Crippen LogP contribution in [-0.2, 0) is 5.41 Å². The van der Waals surface area contributed by atoms with Crippen molar-refractivity contribution in [2.24, 2.45) is 0 Å². The predicted octanol–water partition coefficient (Wildman–Crippen LogP) is 5.56. The van der Waals surface area contributed by atoms with Gasteiger partial charge in [-0.15, -0.1) is 0 Å². The molecule has 1 rings (SSSR count). The zero-order valence-electron chi connectivity index (χ0n) is 14.0. The highest BCUT2D eigenvalue weighted by molar-refractivity contribution is 5.45. The summed E-state index contributed by atoms with van der Waals surface area (Å²) in [6, 6.07) is 4.58. The summed E-state index contributed by atoms with van der Waals surface area (Å²) in [5.41, 5.74) is 4.04. The quantitative estimate of drug-likeness (QED) is 0.675. The number of benzene rings is 1. The predicted molar refractivity (Wildman–Crippen MR) is 84.2 cm³/mol. The van der Waals surface area contributed by atoms with E-state index in [9.17, 15) is 0 Å². The van der Waals surface area contributed by atoms with E-state index in [1.54, 1.807) is 0 Å². The van der Waals surface area contributed by atoms with Crippen molar-refractivity contribution in [1.29, 1.82) is 0 Å². The van der Waals surface area contributed by atoms with Crippen LogP contribution in [0, 0.1) is 13.8 Å². The average molecular weight is 262 g/mol. The topological polar surface area (TPSA) is 9.23 Å². The molecule has 0 aliphatic carbocycles. The van der Waals surface area contributed by atoms with Crippen LogP contribution in [0.25, 0.3) is 0 Å². The summed E-state index contributed by atoms with van der Waals surface area (Å²) in [4.78, 5) is 0. The standard InChI is InChI=1S/C18H30O/c1-9-17(5,6)15-11-13(3)16(14(4)12-15)19-18(7,8)10-2/h11-12H,9-10H2,1-8H3. The number of aryl methyl sites for hydroxylation is 2. The SMILES string of the molecule is CCC(C)(C)Oc1c(C)cc(C(C)(C)CC)cc1C. The fraction of sp³-hybridized carbons (Fsp3) is 0.667. The second-order valence-electron chi connectivity index (χ2n) is 6.89. The van der Waals surface area contributed by atoms with Gasteiger partial charge in [-0.3, -0.25) is 0 Å². The molecule has 0 aromatic heterocycles. The van der Waals surface area contributed by atoms with E-state index < -0.39 is 0 Å². The molecule has 0 spiro atoms. The molecule has 0 N–H and O–H groups in total. The van der Waals surface area contributed by atoms with Gasteiger partial charge in [-0.25, -0.2) is 0 Å². The van der Waals surface area contributed by atoms with Crippen molar-refractivity contribution < 1.29 is 4.74 Å². The molecule has 0 aliphatic heterocycles. The molecule has 0 unspecified atom stereocenters. The van der Waals surface area contributed by atoms with E-state index in [2.05, 4.69) is 67.5 Å². The fourth-order valence-corrected chi connectivity index (χ4v) is 2.05. The van der Waals surface area contributed by atoms with Gasteiger partial charge in [-0.2, -0.15) is 0 Å². The third kappa shape index (κ3) is 3.75. The van der Waals surface area contributed by atoms with E-state index in [1.807, 2.05) is 0 Å². The Morgan fingerprint density at radius 1 is 0.895 bits per heavy atom. The Morgan fingerprint density at radius 2 is 1.37 bits per heavy atom. The molecule has 1 heteroatoms. The molecule has 1 aromatic carbocycles. The maximum atomic E-state index is 6.21. The highest BCUT2D eigenvalue weighted by atomic mass is 16.5. The van der Waals surface area contributed by atoms with E-state index in [0.29, 0.717) is 0 Å². The number of ether oxygens (including phenoxy) is 1. The Bertz CT molecular complexity index is 418. The summed E-state index contributed by atoms with van der Waals surface area (Å²) < 4.78 is 6.21. The van der Waals surface area contributed by atoms with Crippen molar-refractivity contribution in [2.75, 3.05) is 0 Å². The molecular weight excluding hydrogens is 232 g/mol.